The summed E-state index contributed by atoms with van der Waals surface area (Å²) in [6.45, 7) is 1.09. The van der Waals surface area contributed by atoms with Gasteiger partial charge in [-0.2, -0.15) is 0 Å². The zero-order chi connectivity index (χ0) is 43.2. The molecule has 4 atom stereocenters. The molecule has 318 valence electrons. The molecule has 62 heavy (non-hydrogen) atoms. The molecule has 0 bridgehead atoms. The normalized spacial score (nSPS) is 17.1. The number of nitrogens with one attached hydrogen (secondary N) is 3. The van der Waals surface area contributed by atoms with Gasteiger partial charge in [-0.3, -0.25) is 14.5 Å². The van der Waals surface area contributed by atoms with Crippen molar-refractivity contribution in [3.05, 3.63) is 144 Å². The fourth-order valence-corrected chi connectivity index (χ4v) is 8.62. The number of imidazole rings is 2. The van der Waals surface area contributed by atoms with Crippen LogP contribution in [0.5, 0.6) is 0 Å². The number of nitrogens with zero attached hydrogens (tertiary/aromatic N) is 5. The molecule has 4 heterocycles. The molecule has 0 spiro atoms. The summed E-state index contributed by atoms with van der Waals surface area (Å²) in [4.78, 5) is 73.1. The molecule has 4 amide bonds. The molecule has 14 heteroatoms. The predicted octanol–water partition coefficient (Wildman–Crippen LogP) is 7.65. The summed E-state index contributed by atoms with van der Waals surface area (Å²) < 4.78 is 4.84. The van der Waals surface area contributed by atoms with Gasteiger partial charge in [0.1, 0.15) is 23.7 Å². The van der Waals surface area contributed by atoms with Crippen LogP contribution in [-0.4, -0.2) is 103 Å². The van der Waals surface area contributed by atoms with Gasteiger partial charge in [0.05, 0.1) is 43.0 Å². The van der Waals surface area contributed by atoms with Crippen LogP contribution in [0.25, 0.3) is 33.6 Å². The number of aromatic amines is 2. The average Bonchev–Trinajstić information content (AvgIpc) is 4.16. The zero-order valence-electron chi connectivity index (χ0n) is 34.7. The van der Waals surface area contributed by atoms with E-state index in [2.05, 4.69) is 39.6 Å². The number of amides is 4. The summed E-state index contributed by atoms with van der Waals surface area (Å²) in [5.41, 5.74) is 7.48. The van der Waals surface area contributed by atoms with Crippen molar-refractivity contribution in [2.75, 3.05) is 27.2 Å². The van der Waals surface area contributed by atoms with Crippen LogP contribution in [0, 0.1) is 0 Å². The van der Waals surface area contributed by atoms with E-state index in [0.717, 1.165) is 75.4 Å². The Labute approximate surface area is 360 Å². The third kappa shape index (κ3) is 9.09. The van der Waals surface area contributed by atoms with Crippen molar-refractivity contribution < 1.29 is 29.0 Å². The quantitative estimate of drug-likeness (QED) is 0.0917. The highest BCUT2D eigenvalue weighted by Crippen LogP contribution is 2.35. The Morgan fingerprint density at radius 2 is 1.15 bits per heavy atom. The number of hydrogen-bond donors (Lipinski definition) is 4. The second kappa shape index (κ2) is 18.6. The number of aromatic nitrogens is 4. The molecule has 2 aliphatic rings. The monoisotopic (exact) mass is 834 g/mol. The predicted molar refractivity (Wildman–Crippen MR) is 234 cm³/mol. The van der Waals surface area contributed by atoms with Gasteiger partial charge in [-0.15, -0.1) is 0 Å². The molecule has 8 rings (SSSR count). The molecule has 2 fully saturated rings. The van der Waals surface area contributed by atoms with Crippen LogP contribution in [0.2, 0.25) is 0 Å². The number of methoxy groups -OCH3 is 1. The van der Waals surface area contributed by atoms with Crippen molar-refractivity contribution in [2.45, 2.75) is 62.7 Å². The van der Waals surface area contributed by atoms with Crippen LogP contribution in [0.1, 0.15) is 60.5 Å². The third-order valence-electron chi connectivity index (χ3n) is 12.0. The van der Waals surface area contributed by atoms with Crippen molar-refractivity contribution in [1.82, 2.24) is 40.0 Å². The van der Waals surface area contributed by atoms with Gasteiger partial charge in [-0.1, -0.05) is 109 Å². The zero-order valence-corrected chi connectivity index (χ0v) is 34.7. The van der Waals surface area contributed by atoms with Gasteiger partial charge < -0.3 is 34.9 Å². The van der Waals surface area contributed by atoms with Crippen molar-refractivity contribution in [3.8, 4) is 33.6 Å². The summed E-state index contributed by atoms with van der Waals surface area (Å²) in [7, 11) is 2.74. The highest BCUT2D eigenvalue weighted by atomic mass is 16.5. The van der Waals surface area contributed by atoms with Crippen LogP contribution < -0.4 is 5.32 Å². The van der Waals surface area contributed by atoms with Gasteiger partial charge in [-0.25, -0.2) is 19.6 Å². The van der Waals surface area contributed by atoms with E-state index in [1.165, 1.54) is 14.2 Å². The standard InChI is InChI=1S/C48H50N8O6/c1-54(48(60)61)42(28-32-13-7-4-8-14-32)46(58)56-26-10-16-41(56)44-50-30-39(52-44)36-23-19-34(20-24-36)33-17-21-35(22-18-33)38-29-49-43(51-38)40-15-9-25-55(40)45(57)37(53-47(59)62-2)27-31-11-5-3-6-12-31/h3-8,11-14,17-24,29-30,37,40-42H,9-10,15-16,25-28H2,1-2H3,(H,49,51)(H,50,52)(H,53,59)(H,60,61)/t37-,40+,41+,42-/m1/s1. The summed E-state index contributed by atoms with van der Waals surface area (Å²) in [5, 5.41) is 12.6. The minimum Gasteiger partial charge on any atom is -0.465 e. The maximum atomic E-state index is 14.0. The number of ether oxygens (including phenoxy) is 1. The first-order chi connectivity index (χ1) is 30.2. The van der Waals surface area contributed by atoms with E-state index in [0.29, 0.717) is 31.2 Å². The van der Waals surface area contributed by atoms with Crippen molar-refractivity contribution >= 4 is 24.0 Å². The Hall–Kier alpha value is -7.22. The number of carbonyl (C=O) groups excluding carboxylic acids is 3. The lowest BCUT2D eigenvalue weighted by atomic mass is 10.0. The Morgan fingerprint density at radius 3 is 1.61 bits per heavy atom. The molecular weight excluding hydrogens is 785 g/mol. The van der Waals surface area contributed by atoms with E-state index >= 15 is 0 Å². The molecule has 0 aliphatic carbocycles. The van der Waals surface area contributed by atoms with Crippen molar-refractivity contribution in [3.63, 3.8) is 0 Å². The minimum atomic E-state index is -1.15. The third-order valence-corrected chi connectivity index (χ3v) is 12.0. The molecule has 0 saturated carbocycles. The number of carbonyl (C=O) groups is 4. The molecule has 2 aliphatic heterocycles. The molecule has 14 nitrogen and oxygen atoms in total. The number of likely N-dealkylation sites (tertiary alicyclic amines) is 2. The molecule has 0 radical (unpaired) electrons. The number of carboxylic acid groups (broad SMARTS) is 1. The molecular formula is C48H50N8O6. The Kier molecular flexibility index (Phi) is 12.4. The Balaban J connectivity index is 0.918. The van der Waals surface area contributed by atoms with Gasteiger partial charge in [0.15, 0.2) is 0 Å². The second-order valence-corrected chi connectivity index (χ2v) is 15.9. The lowest BCUT2D eigenvalue weighted by Crippen LogP contribution is -2.50. The Bertz CT molecular complexity index is 2490. The number of alkyl carbamates (subject to hydrolysis) is 1. The smallest absolute Gasteiger partial charge is 0.407 e. The average molecular weight is 835 g/mol. The van der Waals surface area contributed by atoms with Gasteiger partial charge >= 0.3 is 12.2 Å². The SMILES string of the molecule is COC(=O)N[C@H](Cc1ccccc1)C(=O)N1CCC[C@H]1c1ncc(-c2ccc(-c3ccc(-c4cnc([C@@H]5CCCN5C(=O)[C@@H](Cc5ccccc5)N(C)C(=O)O)[nH]4)cc3)cc2)[nH]1. The Morgan fingerprint density at radius 1 is 0.694 bits per heavy atom. The molecule has 2 saturated heterocycles. The maximum Gasteiger partial charge on any atom is 0.407 e. The number of benzene rings is 4. The number of H-pyrrole nitrogens is 2. The van der Waals surface area contributed by atoms with Gasteiger partial charge in [0.2, 0.25) is 11.8 Å². The first kappa shape index (κ1) is 41.5. The number of rotatable bonds is 13. The highest BCUT2D eigenvalue weighted by molar-refractivity contribution is 5.87. The topological polar surface area (TPSA) is 177 Å². The van der Waals surface area contributed by atoms with Crippen LogP contribution in [-0.2, 0) is 27.2 Å². The van der Waals surface area contributed by atoms with E-state index < -0.39 is 24.3 Å². The van der Waals surface area contributed by atoms with Crippen LogP contribution >= 0.6 is 0 Å². The lowest BCUT2D eigenvalue weighted by Gasteiger charge is -2.32. The van der Waals surface area contributed by atoms with Crippen LogP contribution in [0.15, 0.2) is 122 Å². The molecule has 4 aromatic carbocycles. The van der Waals surface area contributed by atoms with Crippen LogP contribution in [0.3, 0.4) is 0 Å². The lowest BCUT2D eigenvalue weighted by molar-refractivity contribution is -0.137. The first-order valence-corrected chi connectivity index (χ1v) is 21.0. The van der Waals surface area contributed by atoms with E-state index in [4.69, 9.17) is 14.7 Å². The van der Waals surface area contributed by atoms with Gasteiger partial charge in [-0.05, 0) is 59.1 Å². The number of likely N-dealkylation sites (N-methyl/N-ethyl adjacent to an activating group) is 1. The summed E-state index contributed by atoms with van der Waals surface area (Å²) in [6.07, 6.45) is 5.51. The van der Waals surface area contributed by atoms with Crippen molar-refractivity contribution in [1.29, 1.82) is 0 Å². The molecule has 2 aromatic heterocycles. The fraction of sp³-hybridized carbons (Fsp3) is 0.292. The maximum absolute atomic E-state index is 14.0. The van der Waals surface area contributed by atoms with Gasteiger partial charge in [0, 0.05) is 33.0 Å². The van der Waals surface area contributed by atoms with Crippen LogP contribution in [0.4, 0.5) is 9.59 Å². The summed E-state index contributed by atoms with van der Waals surface area (Å²) in [6, 6.07) is 33.3. The van der Waals surface area contributed by atoms with E-state index in [1.54, 1.807) is 22.2 Å². The van der Waals surface area contributed by atoms with E-state index in [9.17, 15) is 24.3 Å². The summed E-state index contributed by atoms with van der Waals surface area (Å²) >= 11 is 0. The second-order valence-electron chi connectivity index (χ2n) is 15.9. The molecule has 0 unspecified atom stereocenters. The highest BCUT2D eigenvalue weighted by Gasteiger charge is 2.39. The van der Waals surface area contributed by atoms with Crippen molar-refractivity contribution in [2.24, 2.45) is 0 Å². The molecule has 6 aromatic rings. The summed E-state index contributed by atoms with van der Waals surface area (Å²) in [5.74, 6) is 0.980. The first-order valence-electron chi connectivity index (χ1n) is 21.0. The fourth-order valence-electron chi connectivity index (χ4n) is 8.62. The molecule has 4 N–H and O–H groups in total. The van der Waals surface area contributed by atoms with E-state index in [1.807, 2.05) is 84.9 Å². The van der Waals surface area contributed by atoms with E-state index in [-0.39, 0.29) is 30.3 Å². The minimum absolute atomic E-state index is 0.175. The number of hydrogen-bond acceptors (Lipinski definition) is 7. The largest absolute Gasteiger partial charge is 0.465 e. The van der Waals surface area contributed by atoms with Gasteiger partial charge in [0.25, 0.3) is 0 Å².